The van der Waals surface area contributed by atoms with Crippen LogP contribution in [0.15, 0.2) is 29.6 Å². The molecular weight excluding hydrogens is 286 g/mol. The molecule has 0 aliphatic heterocycles. The van der Waals surface area contributed by atoms with E-state index in [0.29, 0.717) is 26.4 Å². The smallest absolute Gasteiger partial charge is 0.0945 e. The van der Waals surface area contributed by atoms with Crippen molar-refractivity contribution in [2.45, 2.75) is 26.1 Å². The number of rotatable bonds is 9. The van der Waals surface area contributed by atoms with Gasteiger partial charge in [-0.1, -0.05) is 0 Å². The molecule has 1 aromatic carbocycles. The number of aliphatic hydroxyl groups is 1. The molecule has 0 saturated heterocycles. The highest BCUT2D eigenvalue weighted by Gasteiger charge is 2.05. The van der Waals surface area contributed by atoms with Crippen LogP contribution in [0.5, 0.6) is 0 Å². The van der Waals surface area contributed by atoms with Gasteiger partial charge in [0.2, 0.25) is 0 Å². The van der Waals surface area contributed by atoms with Crippen molar-refractivity contribution in [1.29, 1.82) is 0 Å². The summed E-state index contributed by atoms with van der Waals surface area (Å²) in [4.78, 5) is 0. The molecule has 2 aromatic rings. The minimum Gasteiger partial charge on any atom is -0.389 e. The molecule has 0 spiro atoms. The third-order valence-electron chi connectivity index (χ3n) is 2.98. The van der Waals surface area contributed by atoms with Crippen molar-refractivity contribution < 1.29 is 14.6 Å². The molecule has 116 valence electrons. The summed E-state index contributed by atoms with van der Waals surface area (Å²) in [5.41, 5.74) is 1.02. The number of hydrogen-bond acceptors (Lipinski definition) is 5. The lowest BCUT2D eigenvalue weighted by atomic mass is 10.2. The van der Waals surface area contributed by atoms with E-state index in [1.54, 1.807) is 11.3 Å². The van der Waals surface area contributed by atoms with Gasteiger partial charge in [0.1, 0.15) is 0 Å². The average molecular weight is 309 g/mol. The first-order valence-electron chi connectivity index (χ1n) is 7.23. The number of thiophene rings is 1. The first-order chi connectivity index (χ1) is 10.1. The Morgan fingerprint density at radius 1 is 1.24 bits per heavy atom. The average Bonchev–Trinajstić information content (AvgIpc) is 2.92. The van der Waals surface area contributed by atoms with E-state index in [1.165, 1.54) is 10.1 Å². The Bertz CT molecular complexity index is 541. The van der Waals surface area contributed by atoms with Crippen molar-refractivity contribution in [2.75, 3.05) is 31.7 Å². The van der Waals surface area contributed by atoms with Crippen molar-refractivity contribution in [3.8, 4) is 0 Å². The van der Waals surface area contributed by atoms with Gasteiger partial charge in [-0.2, -0.15) is 0 Å². The van der Waals surface area contributed by atoms with E-state index in [1.807, 2.05) is 19.9 Å². The largest absolute Gasteiger partial charge is 0.389 e. The van der Waals surface area contributed by atoms with E-state index in [-0.39, 0.29) is 6.10 Å². The van der Waals surface area contributed by atoms with Crippen LogP contribution in [0.2, 0.25) is 0 Å². The molecule has 1 atom stereocenters. The molecule has 0 amide bonds. The van der Waals surface area contributed by atoms with Gasteiger partial charge in [0.15, 0.2) is 0 Å². The molecular formula is C16H23NO3S. The normalized spacial score (nSPS) is 13.0. The minimum atomic E-state index is -0.526. The lowest BCUT2D eigenvalue weighted by Crippen LogP contribution is -2.25. The van der Waals surface area contributed by atoms with Crippen LogP contribution < -0.4 is 5.32 Å². The van der Waals surface area contributed by atoms with Crippen LogP contribution in [0.4, 0.5) is 5.69 Å². The number of fused-ring (bicyclic) bond motifs is 1. The number of benzene rings is 1. The highest BCUT2D eigenvalue weighted by atomic mass is 32.1. The number of hydrogen-bond donors (Lipinski definition) is 2. The van der Waals surface area contributed by atoms with Crippen LogP contribution in [0.1, 0.15) is 13.8 Å². The van der Waals surface area contributed by atoms with E-state index in [4.69, 9.17) is 9.47 Å². The first-order valence-corrected chi connectivity index (χ1v) is 8.11. The summed E-state index contributed by atoms with van der Waals surface area (Å²) in [5.74, 6) is 0. The summed E-state index contributed by atoms with van der Waals surface area (Å²) in [7, 11) is 0. The van der Waals surface area contributed by atoms with Crippen molar-refractivity contribution in [1.82, 2.24) is 0 Å². The first kappa shape index (κ1) is 16.2. The monoisotopic (exact) mass is 309 g/mol. The van der Waals surface area contributed by atoms with Gasteiger partial charge in [0.25, 0.3) is 0 Å². The maximum Gasteiger partial charge on any atom is 0.0945 e. The zero-order chi connectivity index (χ0) is 15.1. The maximum atomic E-state index is 9.87. The van der Waals surface area contributed by atoms with Crippen molar-refractivity contribution in [3.05, 3.63) is 29.6 Å². The molecule has 21 heavy (non-hydrogen) atoms. The van der Waals surface area contributed by atoms with Gasteiger partial charge in [0, 0.05) is 16.9 Å². The SMILES string of the molecule is CC(C)OCCOCC(O)CNc1ccc2sccc2c1. The summed E-state index contributed by atoms with van der Waals surface area (Å²) in [6.07, 6.45) is -0.311. The molecule has 1 unspecified atom stereocenters. The standard InChI is InChI=1S/C16H23NO3S/c1-12(2)20-7-6-19-11-15(18)10-17-14-3-4-16-13(9-14)5-8-21-16/h3-5,8-9,12,15,17-18H,6-7,10-11H2,1-2H3. The predicted octanol–water partition coefficient (Wildman–Crippen LogP) is 3.12. The highest BCUT2D eigenvalue weighted by Crippen LogP contribution is 2.23. The molecule has 0 saturated carbocycles. The van der Waals surface area contributed by atoms with Crippen LogP contribution >= 0.6 is 11.3 Å². The Morgan fingerprint density at radius 2 is 2.10 bits per heavy atom. The summed E-state index contributed by atoms with van der Waals surface area (Å²) < 4.78 is 12.0. The number of nitrogens with one attached hydrogen (secondary N) is 1. The van der Waals surface area contributed by atoms with Crippen molar-refractivity contribution in [3.63, 3.8) is 0 Å². The van der Waals surface area contributed by atoms with Gasteiger partial charge >= 0.3 is 0 Å². The summed E-state index contributed by atoms with van der Waals surface area (Å²) in [6, 6.07) is 8.31. The maximum absolute atomic E-state index is 9.87. The molecule has 0 radical (unpaired) electrons. The van der Waals surface area contributed by atoms with E-state index >= 15 is 0 Å². The lowest BCUT2D eigenvalue weighted by Gasteiger charge is -2.14. The van der Waals surface area contributed by atoms with Gasteiger partial charge < -0.3 is 19.9 Å². The third kappa shape index (κ3) is 5.63. The minimum absolute atomic E-state index is 0.215. The van der Waals surface area contributed by atoms with Gasteiger partial charge in [0.05, 0.1) is 32.0 Å². The number of ether oxygens (including phenoxy) is 2. The van der Waals surface area contributed by atoms with Crippen LogP contribution in [0.3, 0.4) is 0 Å². The molecule has 4 nitrogen and oxygen atoms in total. The Balaban J connectivity index is 1.65. The quantitative estimate of drug-likeness (QED) is 0.699. The predicted molar refractivity (Wildman–Crippen MR) is 88.2 cm³/mol. The number of anilines is 1. The second-order valence-electron chi connectivity index (χ2n) is 5.20. The molecule has 1 aromatic heterocycles. The second-order valence-corrected chi connectivity index (χ2v) is 6.15. The van der Waals surface area contributed by atoms with Crippen LogP contribution in [0.25, 0.3) is 10.1 Å². The summed E-state index contributed by atoms with van der Waals surface area (Å²) in [6.45, 7) is 5.84. The molecule has 0 bridgehead atoms. The topological polar surface area (TPSA) is 50.7 Å². The molecule has 0 fully saturated rings. The van der Waals surface area contributed by atoms with E-state index in [9.17, 15) is 5.11 Å². The van der Waals surface area contributed by atoms with Crippen molar-refractivity contribution in [2.24, 2.45) is 0 Å². The van der Waals surface area contributed by atoms with Crippen molar-refractivity contribution >= 4 is 27.1 Å². The fourth-order valence-corrected chi connectivity index (χ4v) is 2.70. The highest BCUT2D eigenvalue weighted by molar-refractivity contribution is 7.17. The Labute approximate surface area is 129 Å². The van der Waals surface area contributed by atoms with Gasteiger partial charge in [-0.3, -0.25) is 0 Å². The fraction of sp³-hybridized carbons (Fsp3) is 0.500. The summed E-state index contributed by atoms with van der Waals surface area (Å²) in [5, 5.41) is 16.4. The Kier molecular flexibility index (Phi) is 6.45. The van der Waals surface area contributed by atoms with E-state index < -0.39 is 6.10 Å². The van der Waals surface area contributed by atoms with E-state index in [2.05, 4.69) is 28.9 Å². The van der Waals surface area contributed by atoms with E-state index in [0.717, 1.165) is 5.69 Å². The van der Waals surface area contributed by atoms with Gasteiger partial charge in [-0.05, 0) is 48.9 Å². The second kappa shape index (κ2) is 8.34. The molecule has 1 heterocycles. The third-order valence-corrected chi connectivity index (χ3v) is 3.88. The molecule has 2 rings (SSSR count). The van der Waals surface area contributed by atoms with Crippen LogP contribution in [-0.2, 0) is 9.47 Å². The molecule has 5 heteroatoms. The number of aliphatic hydroxyl groups excluding tert-OH is 1. The Morgan fingerprint density at radius 3 is 2.90 bits per heavy atom. The van der Waals surface area contributed by atoms with Gasteiger partial charge in [-0.15, -0.1) is 11.3 Å². The summed E-state index contributed by atoms with van der Waals surface area (Å²) >= 11 is 1.73. The molecule has 2 N–H and O–H groups in total. The lowest BCUT2D eigenvalue weighted by molar-refractivity contribution is -0.00734. The fourth-order valence-electron chi connectivity index (χ4n) is 1.93. The molecule has 0 aliphatic carbocycles. The van der Waals surface area contributed by atoms with Crippen LogP contribution in [0, 0.1) is 0 Å². The molecule has 0 aliphatic rings. The van der Waals surface area contributed by atoms with Gasteiger partial charge in [-0.25, -0.2) is 0 Å². The Hall–Kier alpha value is -1.14. The zero-order valence-electron chi connectivity index (χ0n) is 12.5. The zero-order valence-corrected chi connectivity index (χ0v) is 13.4. The van der Waals surface area contributed by atoms with Crippen LogP contribution in [-0.4, -0.2) is 43.7 Å².